The van der Waals surface area contributed by atoms with Gasteiger partial charge < -0.3 is 44.2 Å². The third-order valence-electron chi connectivity index (χ3n) is 8.36. The lowest BCUT2D eigenvalue weighted by atomic mass is 9.84. The summed E-state index contributed by atoms with van der Waals surface area (Å²) in [4.78, 5) is 51.8. The number of hydrogen-bond donors (Lipinski definition) is 4. The molecule has 268 valence electrons. The Kier molecular flexibility index (Phi) is 13.3. The maximum Gasteiger partial charge on any atom is 0.342 e. The molecule has 0 aliphatic carbocycles. The third kappa shape index (κ3) is 9.58. The Hall–Kier alpha value is -5.46. The predicted molar refractivity (Wildman–Crippen MR) is 183 cm³/mol. The number of aromatic hydroxyl groups is 2. The quantitative estimate of drug-likeness (QED) is 0.195. The van der Waals surface area contributed by atoms with E-state index in [-0.39, 0.29) is 59.2 Å². The Morgan fingerprint density at radius 1 is 0.980 bits per heavy atom. The fourth-order valence-electron chi connectivity index (χ4n) is 5.81. The van der Waals surface area contributed by atoms with Crippen LogP contribution in [-0.2, 0) is 25.7 Å². The summed E-state index contributed by atoms with van der Waals surface area (Å²) in [6.45, 7) is 1.48. The van der Waals surface area contributed by atoms with Crippen molar-refractivity contribution < 1.29 is 52.8 Å². The largest absolute Gasteiger partial charge is 0.507 e. The number of ether oxygens (including phenoxy) is 4. The van der Waals surface area contributed by atoms with Crippen molar-refractivity contribution in [1.29, 1.82) is 0 Å². The van der Waals surface area contributed by atoms with Gasteiger partial charge >= 0.3 is 5.97 Å². The molecule has 2 atom stereocenters. The number of Topliss-reactive ketones (excluding diaryl/α,β-unsaturated/α-hetero) is 1. The minimum absolute atomic E-state index is 0.125. The van der Waals surface area contributed by atoms with E-state index in [9.17, 15) is 29.4 Å². The number of furan rings is 1. The van der Waals surface area contributed by atoms with Gasteiger partial charge in [-0.05, 0) is 74.1 Å². The predicted octanol–water partition coefficient (Wildman–Crippen LogP) is 5.15. The van der Waals surface area contributed by atoms with Crippen LogP contribution in [0.4, 0.5) is 0 Å². The zero-order valence-corrected chi connectivity index (χ0v) is 28.7. The summed E-state index contributed by atoms with van der Waals surface area (Å²) in [5, 5.41) is 28.6. The number of esters is 1. The highest BCUT2D eigenvalue weighted by molar-refractivity contribution is 5.98. The molecule has 4 N–H and O–H groups in total. The van der Waals surface area contributed by atoms with E-state index in [0.29, 0.717) is 49.8 Å². The molecule has 0 fully saturated rings. The number of phenolic OH excluding ortho intramolecular Hbond substituents is 2. The van der Waals surface area contributed by atoms with Crippen LogP contribution in [0.2, 0.25) is 0 Å². The average molecular weight is 693 g/mol. The molecule has 1 aliphatic rings. The van der Waals surface area contributed by atoms with E-state index in [0.717, 1.165) is 0 Å². The van der Waals surface area contributed by atoms with Crippen LogP contribution in [0.1, 0.15) is 90.6 Å². The number of cyclic esters (lactones) is 1. The molecule has 1 aliphatic heterocycles. The van der Waals surface area contributed by atoms with Gasteiger partial charge in [0.1, 0.15) is 28.6 Å². The highest BCUT2D eigenvalue weighted by atomic mass is 16.5. The minimum atomic E-state index is -1.09. The zero-order valence-electron chi connectivity index (χ0n) is 28.7. The maximum absolute atomic E-state index is 13.7. The van der Waals surface area contributed by atoms with Gasteiger partial charge in [0.05, 0.1) is 46.8 Å². The number of fused-ring (bicyclic) bond motifs is 1. The molecule has 4 rings (SSSR count). The van der Waals surface area contributed by atoms with Crippen molar-refractivity contribution in [2.75, 3.05) is 27.9 Å². The number of phenols is 2. The topological polar surface area (TPSA) is 183 Å². The number of methoxy groups -OCH3 is 3. The van der Waals surface area contributed by atoms with Gasteiger partial charge in [-0.25, -0.2) is 4.79 Å². The molecule has 13 heteroatoms. The van der Waals surface area contributed by atoms with Crippen LogP contribution in [0.3, 0.4) is 0 Å². The summed E-state index contributed by atoms with van der Waals surface area (Å²) in [5.41, 5.74) is 0.250. The fraction of sp³-hybridized carbons (Fsp3) is 0.405. The summed E-state index contributed by atoms with van der Waals surface area (Å²) in [6, 6.07) is 7.86. The van der Waals surface area contributed by atoms with Gasteiger partial charge in [-0.2, -0.15) is 0 Å². The fourth-order valence-corrected chi connectivity index (χ4v) is 5.81. The van der Waals surface area contributed by atoms with Crippen LogP contribution in [0.25, 0.3) is 6.08 Å². The second-order valence-corrected chi connectivity index (χ2v) is 11.9. The van der Waals surface area contributed by atoms with Gasteiger partial charge in [0.15, 0.2) is 11.5 Å². The lowest BCUT2D eigenvalue weighted by Gasteiger charge is -2.24. The molecule has 3 aromatic rings. The molecule has 1 unspecified atom stereocenters. The lowest BCUT2D eigenvalue weighted by Crippen LogP contribution is -2.37. The molecule has 50 heavy (non-hydrogen) atoms. The summed E-state index contributed by atoms with van der Waals surface area (Å²) in [6.07, 6.45) is 6.82. The van der Waals surface area contributed by atoms with Crippen molar-refractivity contribution in [2.24, 2.45) is 0 Å². The lowest BCUT2D eigenvalue weighted by molar-refractivity contribution is -0.126. The Balaban J connectivity index is 1.76. The molecular weight excluding hydrogens is 648 g/mol. The van der Waals surface area contributed by atoms with Crippen molar-refractivity contribution in [2.45, 2.75) is 70.4 Å². The third-order valence-corrected chi connectivity index (χ3v) is 8.36. The van der Waals surface area contributed by atoms with Gasteiger partial charge in [0.2, 0.25) is 17.6 Å². The number of ketones is 1. The van der Waals surface area contributed by atoms with Crippen LogP contribution in [-0.4, -0.2) is 67.8 Å². The normalized spacial score (nSPS) is 16.6. The van der Waals surface area contributed by atoms with Crippen molar-refractivity contribution in [1.82, 2.24) is 10.6 Å². The summed E-state index contributed by atoms with van der Waals surface area (Å²) in [7, 11) is 4.28. The Bertz CT molecular complexity index is 1670. The Morgan fingerprint density at radius 2 is 1.70 bits per heavy atom. The van der Waals surface area contributed by atoms with Crippen LogP contribution in [0.15, 0.2) is 47.1 Å². The van der Waals surface area contributed by atoms with E-state index in [2.05, 4.69) is 10.6 Å². The number of hydrogen-bond acceptors (Lipinski definition) is 11. The first-order valence-electron chi connectivity index (χ1n) is 16.4. The van der Waals surface area contributed by atoms with Gasteiger partial charge in [0.25, 0.3) is 0 Å². The summed E-state index contributed by atoms with van der Waals surface area (Å²) in [5.74, 6) is -2.51. The zero-order chi connectivity index (χ0) is 36.2. The van der Waals surface area contributed by atoms with E-state index in [1.165, 1.54) is 33.7 Å². The molecule has 0 spiro atoms. The van der Waals surface area contributed by atoms with Crippen LogP contribution in [0.5, 0.6) is 28.7 Å². The molecule has 0 saturated heterocycles. The number of rotatable bonds is 11. The van der Waals surface area contributed by atoms with Gasteiger partial charge in [-0.1, -0.05) is 12.2 Å². The van der Waals surface area contributed by atoms with Gasteiger partial charge in [-0.15, -0.1) is 0 Å². The molecule has 13 nitrogen and oxygen atoms in total. The molecular formula is C37H44N2O11. The smallest absolute Gasteiger partial charge is 0.342 e. The number of carbonyl (C=O) groups excluding carboxylic acids is 4. The molecule has 2 amide bonds. The van der Waals surface area contributed by atoms with E-state index in [1.54, 1.807) is 43.3 Å². The number of nitrogens with one attached hydrogen (secondary N) is 2. The summed E-state index contributed by atoms with van der Waals surface area (Å²) < 4.78 is 27.5. The second kappa shape index (κ2) is 17.8. The van der Waals surface area contributed by atoms with E-state index >= 15 is 0 Å². The van der Waals surface area contributed by atoms with E-state index in [4.69, 9.17) is 23.4 Å². The van der Waals surface area contributed by atoms with E-state index < -0.39 is 41.3 Å². The first kappa shape index (κ1) is 37.4. The standard InChI is InChI=1S/C37H44N2O11/c1-22-10-8-13-25(40)12-7-5-6-11-23-16-28(41)34(35(44)33(23)37(45)50-22)27(24-17-29(46-2)36(48-4)30(18-24)47-3)19-31(42)39-21-32(43)38-20-26-14-9-15-49-26/h6,9,11,14-18,22,27,41,44H,5,7-8,10,12-13,19-21H2,1-4H3,(H,38,43)(H,39,42)/b11-6+/t22-,27?/m0/s1. The molecule has 0 radical (unpaired) electrons. The van der Waals surface area contributed by atoms with Crippen molar-refractivity contribution in [3.05, 3.63) is 70.7 Å². The van der Waals surface area contributed by atoms with Crippen LogP contribution < -0.4 is 24.8 Å². The van der Waals surface area contributed by atoms with Crippen molar-refractivity contribution in [3.8, 4) is 28.7 Å². The Morgan fingerprint density at radius 3 is 2.36 bits per heavy atom. The molecule has 0 bridgehead atoms. The molecule has 2 heterocycles. The molecule has 0 saturated carbocycles. The monoisotopic (exact) mass is 692 g/mol. The molecule has 1 aromatic heterocycles. The maximum atomic E-state index is 13.7. The second-order valence-electron chi connectivity index (χ2n) is 11.9. The van der Waals surface area contributed by atoms with Crippen LogP contribution >= 0.6 is 0 Å². The number of amides is 2. The summed E-state index contributed by atoms with van der Waals surface area (Å²) >= 11 is 0. The van der Waals surface area contributed by atoms with Gasteiger partial charge in [-0.3, -0.25) is 14.4 Å². The average Bonchev–Trinajstić information content (AvgIpc) is 3.62. The van der Waals surface area contributed by atoms with Gasteiger partial charge in [0, 0.05) is 30.7 Å². The number of allylic oxidation sites excluding steroid dienone is 1. The van der Waals surface area contributed by atoms with Crippen molar-refractivity contribution in [3.63, 3.8) is 0 Å². The molecule has 2 aromatic carbocycles. The van der Waals surface area contributed by atoms with Crippen molar-refractivity contribution >= 4 is 29.6 Å². The minimum Gasteiger partial charge on any atom is -0.507 e. The Labute approximate surface area is 290 Å². The highest BCUT2D eigenvalue weighted by Crippen LogP contribution is 2.47. The van der Waals surface area contributed by atoms with E-state index in [1.807, 2.05) is 0 Å². The first-order chi connectivity index (χ1) is 24.1. The number of benzene rings is 2. The first-order valence-corrected chi connectivity index (χ1v) is 16.4. The SMILES string of the molecule is COc1cc(C(CC(=O)NCC(=O)NCc2ccco2)c2c(O)cc3c(c2O)C(=O)O[C@@H](C)CCCC(=O)CCC/C=C/3)cc(OC)c1OC. The highest BCUT2D eigenvalue weighted by Gasteiger charge is 2.32. The number of carbonyl (C=O) groups is 4. The van der Waals surface area contributed by atoms with Crippen LogP contribution in [0, 0.1) is 0 Å².